The average Bonchev–Trinajstić information content (AvgIpc) is 2.86. The van der Waals surface area contributed by atoms with E-state index in [4.69, 9.17) is 5.73 Å². The lowest BCUT2D eigenvalue weighted by atomic mass is 10.2. The number of aryl methyl sites for hydroxylation is 1. The molecule has 0 aliphatic rings. The third-order valence-electron chi connectivity index (χ3n) is 2.38. The Hall–Kier alpha value is -1.21. The molecule has 0 aliphatic carbocycles. The maximum absolute atomic E-state index is 11.8. The molecule has 0 atom stereocenters. The standard InChI is InChI=1S/C12H14N4OS.2ClH/c1-8-2-3-9(5-14-8)6-15-12(17)10-7-18-11(4-13)16-10;;/h2-3,5,7H,4,6,13H2,1H3,(H,15,17);2*1H. The van der Waals surface area contributed by atoms with Crippen molar-refractivity contribution in [3.63, 3.8) is 0 Å². The van der Waals surface area contributed by atoms with Crippen molar-refractivity contribution < 1.29 is 4.79 Å². The number of nitrogens with two attached hydrogens (primary N) is 1. The van der Waals surface area contributed by atoms with Crippen LogP contribution in [0.5, 0.6) is 0 Å². The predicted octanol–water partition coefficient (Wildman–Crippen LogP) is 2.08. The van der Waals surface area contributed by atoms with Gasteiger partial charge in [0.25, 0.3) is 5.91 Å². The topological polar surface area (TPSA) is 80.9 Å². The molecule has 2 rings (SSSR count). The third-order valence-corrected chi connectivity index (χ3v) is 3.26. The van der Waals surface area contributed by atoms with E-state index in [9.17, 15) is 4.79 Å². The molecule has 0 aliphatic heterocycles. The highest BCUT2D eigenvalue weighted by atomic mass is 35.5. The van der Waals surface area contributed by atoms with Crippen LogP contribution in [0.15, 0.2) is 23.7 Å². The van der Waals surface area contributed by atoms with Gasteiger partial charge in [0, 0.05) is 30.4 Å². The van der Waals surface area contributed by atoms with Crippen molar-refractivity contribution in [2.24, 2.45) is 5.73 Å². The van der Waals surface area contributed by atoms with Crippen LogP contribution in [0.1, 0.15) is 26.8 Å². The van der Waals surface area contributed by atoms with Gasteiger partial charge >= 0.3 is 0 Å². The zero-order chi connectivity index (χ0) is 13.0. The first-order valence-corrected chi connectivity index (χ1v) is 6.41. The number of hydrogen-bond donors (Lipinski definition) is 2. The molecule has 0 bridgehead atoms. The van der Waals surface area contributed by atoms with E-state index < -0.39 is 0 Å². The van der Waals surface area contributed by atoms with E-state index in [0.717, 1.165) is 16.3 Å². The normalized spacial score (nSPS) is 9.30. The maximum atomic E-state index is 11.8. The number of amides is 1. The van der Waals surface area contributed by atoms with Crippen molar-refractivity contribution in [3.05, 3.63) is 45.7 Å². The van der Waals surface area contributed by atoms with Crippen LogP contribution in [0.25, 0.3) is 0 Å². The van der Waals surface area contributed by atoms with E-state index >= 15 is 0 Å². The Morgan fingerprint density at radius 2 is 2.15 bits per heavy atom. The first-order chi connectivity index (χ1) is 8.69. The number of halogens is 2. The first kappa shape index (κ1) is 18.8. The largest absolute Gasteiger partial charge is 0.347 e. The molecule has 0 saturated heterocycles. The summed E-state index contributed by atoms with van der Waals surface area (Å²) in [6.07, 6.45) is 1.75. The number of thiazole rings is 1. The second kappa shape index (κ2) is 8.86. The molecule has 0 aromatic carbocycles. The molecule has 2 heterocycles. The van der Waals surface area contributed by atoms with Crippen molar-refractivity contribution in [1.29, 1.82) is 0 Å². The molecule has 0 fully saturated rings. The van der Waals surface area contributed by atoms with E-state index in [-0.39, 0.29) is 30.7 Å². The number of nitrogens with one attached hydrogen (secondary N) is 1. The molecule has 20 heavy (non-hydrogen) atoms. The molecule has 2 aromatic rings. The average molecular weight is 335 g/mol. The number of hydrogen-bond acceptors (Lipinski definition) is 5. The number of nitrogens with zero attached hydrogens (tertiary/aromatic N) is 2. The van der Waals surface area contributed by atoms with Crippen LogP contribution < -0.4 is 11.1 Å². The molecular weight excluding hydrogens is 319 g/mol. The number of carbonyl (C=O) groups is 1. The quantitative estimate of drug-likeness (QED) is 0.896. The van der Waals surface area contributed by atoms with Gasteiger partial charge in [0.1, 0.15) is 10.7 Å². The van der Waals surface area contributed by atoms with Crippen LogP contribution in [-0.2, 0) is 13.1 Å². The zero-order valence-corrected chi connectivity index (χ0v) is 13.3. The fourth-order valence-corrected chi connectivity index (χ4v) is 2.04. The molecule has 0 spiro atoms. The van der Waals surface area contributed by atoms with Gasteiger partial charge in [-0.1, -0.05) is 6.07 Å². The first-order valence-electron chi connectivity index (χ1n) is 5.53. The lowest BCUT2D eigenvalue weighted by Crippen LogP contribution is -2.23. The van der Waals surface area contributed by atoms with Crippen molar-refractivity contribution in [1.82, 2.24) is 15.3 Å². The smallest absolute Gasteiger partial charge is 0.271 e. The molecule has 0 unspecified atom stereocenters. The van der Waals surface area contributed by atoms with Crippen LogP contribution in [0.2, 0.25) is 0 Å². The van der Waals surface area contributed by atoms with Crippen molar-refractivity contribution >= 4 is 42.1 Å². The van der Waals surface area contributed by atoms with Crippen molar-refractivity contribution in [3.8, 4) is 0 Å². The summed E-state index contributed by atoms with van der Waals surface area (Å²) < 4.78 is 0. The highest BCUT2D eigenvalue weighted by Gasteiger charge is 2.09. The summed E-state index contributed by atoms with van der Waals surface area (Å²) in [5, 5.41) is 5.27. The highest BCUT2D eigenvalue weighted by Crippen LogP contribution is 2.08. The minimum Gasteiger partial charge on any atom is -0.347 e. The van der Waals surface area contributed by atoms with E-state index in [1.807, 2.05) is 19.1 Å². The molecule has 5 nitrogen and oxygen atoms in total. The number of carbonyl (C=O) groups excluding carboxylic acids is 1. The summed E-state index contributed by atoms with van der Waals surface area (Å²) in [6, 6.07) is 3.85. The molecular formula is C12H16Cl2N4OS. The summed E-state index contributed by atoms with van der Waals surface area (Å²) in [7, 11) is 0. The van der Waals surface area contributed by atoms with Gasteiger partial charge in [0.2, 0.25) is 0 Å². The Balaban J connectivity index is 0.00000180. The second-order valence-electron chi connectivity index (χ2n) is 3.82. The van der Waals surface area contributed by atoms with Gasteiger partial charge in [-0.2, -0.15) is 0 Å². The van der Waals surface area contributed by atoms with Gasteiger partial charge in [-0.25, -0.2) is 4.98 Å². The van der Waals surface area contributed by atoms with E-state index in [2.05, 4.69) is 15.3 Å². The minimum absolute atomic E-state index is 0. The zero-order valence-electron chi connectivity index (χ0n) is 10.8. The lowest BCUT2D eigenvalue weighted by molar-refractivity contribution is 0.0946. The molecule has 0 radical (unpaired) electrons. The molecule has 0 saturated carbocycles. The number of aromatic nitrogens is 2. The minimum atomic E-state index is -0.188. The fraction of sp³-hybridized carbons (Fsp3) is 0.250. The van der Waals surface area contributed by atoms with Crippen LogP contribution in [0.4, 0.5) is 0 Å². The Bertz CT molecular complexity index is 545. The van der Waals surface area contributed by atoms with E-state index in [1.54, 1.807) is 11.6 Å². The second-order valence-corrected chi connectivity index (χ2v) is 4.76. The summed E-state index contributed by atoms with van der Waals surface area (Å²) in [5.74, 6) is -0.188. The van der Waals surface area contributed by atoms with Gasteiger partial charge in [0.15, 0.2) is 0 Å². The van der Waals surface area contributed by atoms with Crippen LogP contribution >= 0.6 is 36.2 Å². The molecule has 110 valence electrons. The predicted molar refractivity (Wildman–Crippen MR) is 84.6 cm³/mol. The fourth-order valence-electron chi connectivity index (χ4n) is 1.38. The van der Waals surface area contributed by atoms with Gasteiger partial charge in [-0.3, -0.25) is 9.78 Å². The van der Waals surface area contributed by atoms with Crippen LogP contribution in [0, 0.1) is 6.92 Å². The lowest BCUT2D eigenvalue weighted by Gasteiger charge is -2.03. The number of rotatable bonds is 4. The molecule has 3 N–H and O–H groups in total. The summed E-state index contributed by atoms with van der Waals surface area (Å²) >= 11 is 1.39. The monoisotopic (exact) mass is 334 g/mol. The molecule has 2 aromatic heterocycles. The summed E-state index contributed by atoms with van der Waals surface area (Å²) in [5.41, 5.74) is 7.78. The van der Waals surface area contributed by atoms with Crippen molar-refractivity contribution in [2.45, 2.75) is 20.0 Å². The summed E-state index contributed by atoms with van der Waals surface area (Å²) in [4.78, 5) is 20.1. The SMILES string of the molecule is Cc1ccc(CNC(=O)c2csc(CN)n2)cn1.Cl.Cl. The Kier molecular flexibility index (Phi) is 8.33. The third kappa shape index (κ3) is 5.05. The van der Waals surface area contributed by atoms with E-state index in [0.29, 0.717) is 18.8 Å². The summed E-state index contributed by atoms with van der Waals surface area (Å²) in [6.45, 7) is 2.73. The number of pyridine rings is 1. The van der Waals surface area contributed by atoms with Gasteiger partial charge < -0.3 is 11.1 Å². The molecule has 1 amide bonds. The highest BCUT2D eigenvalue weighted by molar-refractivity contribution is 7.09. The van der Waals surface area contributed by atoms with Crippen LogP contribution in [0.3, 0.4) is 0 Å². The van der Waals surface area contributed by atoms with Gasteiger partial charge in [-0.05, 0) is 18.6 Å². The van der Waals surface area contributed by atoms with Crippen molar-refractivity contribution in [2.75, 3.05) is 0 Å². The van der Waals surface area contributed by atoms with E-state index in [1.165, 1.54) is 11.3 Å². The van der Waals surface area contributed by atoms with Crippen LogP contribution in [-0.4, -0.2) is 15.9 Å². The maximum Gasteiger partial charge on any atom is 0.271 e. The van der Waals surface area contributed by atoms with Gasteiger partial charge in [0.05, 0.1) is 0 Å². The Morgan fingerprint density at radius 1 is 1.40 bits per heavy atom. The van der Waals surface area contributed by atoms with Gasteiger partial charge in [-0.15, -0.1) is 36.2 Å². The Morgan fingerprint density at radius 3 is 2.70 bits per heavy atom. The Labute approximate surface area is 133 Å². The molecule has 8 heteroatoms.